The summed E-state index contributed by atoms with van der Waals surface area (Å²) in [5.74, 6) is -0.913. The van der Waals surface area contributed by atoms with E-state index in [1.54, 1.807) is 30.3 Å². The van der Waals surface area contributed by atoms with Gasteiger partial charge in [-0.25, -0.2) is 4.90 Å². The Bertz CT molecular complexity index is 858. The lowest BCUT2D eigenvalue weighted by Crippen LogP contribution is -2.38. The van der Waals surface area contributed by atoms with Gasteiger partial charge in [-0.3, -0.25) is 14.4 Å². The molecule has 1 atom stereocenters. The fraction of sp³-hybridized carbons (Fsp3) is 0.211. The van der Waals surface area contributed by atoms with Gasteiger partial charge in [0.25, 0.3) is 5.24 Å². The molecule has 2 aromatic carbocycles. The zero-order chi connectivity index (χ0) is 19.4. The molecule has 0 radical (unpaired) electrons. The van der Waals surface area contributed by atoms with Crippen molar-refractivity contribution in [3.05, 3.63) is 54.6 Å². The lowest BCUT2D eigenvalue weighted by atomic mass is 10.2. The predicted octanol–water partition coefficient (Wildman–Crippen LogP) is 2.38. The summed E-state index contributed by atoms with van der Waals surface area (Å²) in [4.78, 5) is 40.0. The molecule has 0 saturated carbocycles. The first-order chi connectivity index (χ1) is 13.0. The summed E-state index contributed by atoms with van der Waals surface area (Å²) in [6.07, 6.45) is -0.167. The van der Waals surface area contributed by atoms with Gasteiger partial charge in [0.2, 0.25) is 11.8 Å². The molecule has 140 valence electrons. The maximum atomic E-state index is 12.7. The van der Waals surface area contributed by atoms with Crippen LogP contribution < -0.4 is 9.80 Å². The largest absolute Gasteiger partial charge is 0.508 e. The van der Waals surface area contributed by atoms with Gasteiger partial charge in [0.15, 0.2) is 0 Å². The van der Waals surface area contributed by atoms with Gasteiger partial charge < -0.3 is 15.1 Å². The Kier molecular flexibility index (Phi) is 5.78. The number of para-hydroxylation sites is 1. The molecule has 1 aliphatic rings. The Balaban J connectivity index is 1.76. The third-order valence-corrected chi connectivity index (χ3v) is 5.10. The lowest BCUT2D eigenvalue weighted by molar-refractivity contribution is -0.122. The number of aliphatic hydroxyl groups is 1. The van der Waals surface area contributed by atoms with Gasteiger partial charge in [-0.2, -0.15) is 0 Å². The SMILES string of the molecule is O=C(CC1SC(=O)N(c2cccc(O)c2)C1=O)N(CCO)c1ccccc1. The lowest BCUT2D eigenvalue weighted by Gasteiger charge is -2.23. The van der Waals surface area contributed by atoms with Gasteiger partial charge in [-0.05, 0) is 36.0 Å². The highest BCUT2D eigenvalue weighted by atomic mass is 32.2. The van der Waals surface area contributed by atoms with Crippen molar-refractivity contribution in [1.82, 2.24) is 0 Å². The molecule has 3 rings (SSSR count). The number of anilines is 2. The second-order valence-corrected chi connectivity index (χ2v) is 7.03. The summed E-state index contributed by atoms with van der Waals surface area (Å²) in [7, 11) is 0. The van der Waals surface area contributed by atoms with Crippen LogP contribution in [0.1, 0.15) is 6.42 Å². The summed E-state index contributed by atoms with van der Waals surface area (Å²) in [6.45, 7) is -0.126. The molecule has 2 N–H and O–H groups in total. The summed E-state index contributed by atoms with van der Waals surface area (Å²) < 4.78 is 0. The minimum absolute atomic E-state index is 0.0594. The molecule has 8 heteroatoms. The molecular formula is C19H18N2O5S. The van der Waals surface area contributed by atoms with Crippen LogP contribution in [0.5, 0.6) is 5.75 Å². The van der Waals surface area contributed by atoms with Crippen molar-refractivity contribution in [3.8, 4) is 5.75 Å². The van der Waals surface area contributed by atoms with Gasteiger partial charge >= 0.3 is 0 Å². The predicted molar refractivity (Wildman–Crippen MR) is 103 cm³/mol. The highest BCUT2D eigenvalue weighted by Crippen LogP contribution is 2.35. The molecule has 0 bridgehead atoms. The summed E-state index contributed by atoms with van der Waals surface area (Å²) in [6, 6.07) is 14.7. The van der Waals surface area contributed by atoms with Crippen LogP contribution >= 0.6 is 11.8 Å². The van der Waals surface area contributed by atoms with E-state index in [1.807, 2.05) is 6.07 Å². The number of benzene rings is 2. The Labute approximate surface area is 160 Å². The Morgan fingerprint density at radius 1 is 1.11 bits per heavy atom. The Morgan fingerprint density at radius 2 is 1.85 bits per heavy atom. The molecule has 0 aromatic heterocycles. The summed E-state index contributed by atoms with van der Waals surface area (Å²) >= 11 is 0.787. The smallest absolute Gasteiger partial charge is 0.293 e. The molecule has 0 aliphatic carbocycles. The number of nitrogens with zero attached hydrogens (tertiary/aromatic N) is 2. The quantitative estimate of drug-likeness (QED) is 0.791. The first-order valence-electron chi connectivity index (χ1n) is 8.31. The van der Waals surface area contributed by atoms with Crippen molar-refractivity contribution in [2.45, 2.75) is 11.7 Å². The fourth-order valence-corrected chi connectivity index (χ4v) is 3.80. The maximum absolute atomic E-state index is 12.7. The van der Waals surface area contributed by atoms with Crippen molar-refractivity contribution >= 4 is 40.2 Å². The third-order valence-electron chi connectivity index (χ3n) is 4.06. The number of rotatable bonds is 6. The summed E-state index contributed by atoms with van der Waals surface area (Å²) in [5.41, 5.74) is 0.880. The molecule has 0 spiro atoms. The van der Waals surface area contributed by atoms with Crippen molar-refractivity contribution in [3.63, 3.8) is 0 Å². The number of phenols is 1. The minimum atomic E-state index is -0.850. The van der Waals surface area contributed by atoms with Crippen molar-refractivity contribution < 1.29 is 24.6 Å². The number of imide groups is 1. The van der Waals surface area contributed by atoms with E-state index in [2.05, 4.69) is 0 Å². The number of hydrogen-bond acceptors (Lipinski definition) is 6. The second kappa shape index (κ2) is 8.24. The number of phenolic OH excluding ortho intramolecular Hbond substituents is 1. The molecule has 2 aromatic rings. The van der Waals surface area contributed by atoms with E-state index in [0.717, 1.165) is 16.7 Å². The Morgan fingerprint density at radius 3 is 2.52 bits per heavy atom. The fourth-order valence-electron chi connectivity index (χ4n) is 2.83. The number of carbonyl (C=O) groups is 3. The molecule has 7 nitrogen and oxygen atoms in total. The van der Waals surface area contributed by atoms with E-state index in [1.165, 1.54) is 23.1 Å². The van der Waals surface area contributed by atoms with Gasteiger partial charge in [-0.15, -0.1) is 0 Å². The molecule has 1 heterocycles. The van der Waals surface area contributed by atoms with Crippen LogP contribution in [0.15, 0.2) is 54.6 Å². The Hall–Kier alpha value is -2.84. The topological polar surface area (TPSA) is 98.2 Å². The van der Waals surface area contributed by atoms with E-state index in [0.29, 0.717) is 5.69 Å². The van der Waals surface area contributed by atoms with Gasteiger partial charge in [0, 0.05) is 24.7 Å². The molecule has 1 saturated heterocycles. The van der Waals surface area contributed by atoms with Crippen LogP contribution in [0, 0.1) is 0 Å². The number of aromatic hydroxyl groups is 1. The van der Waals surface area contributed by atoms with Crippen LogP contribution in [0.4, 0.5) is 16.2 Å². The van der Waals surface area contributed by atoms with E-state index < -0.39 is 16.4 Å². The number of amides is 3. The van der Waals surface area contributed by atoms with Gasteiger partial charge in [0.05, 0.1) is 12.3 Å². The standard InChI is InChI=1S/C19H18N2O5S/c22-10-9-20(13-5-2-1-3-6-13)17(24)12-16-18(25)21(19(26)27-16)14-7-4-8-15(23)11-14/h1-8,11,16,22-23H,9-10,12H2. The molecule has 1 aliphatic heterocycles. The van der Waals surface area contributed by atoms with E-state index >= 15 is 0 Å². The number of carbonyl (C=O) groups excluding carboxylic acids is 3. The van der Waals surface area contributed by atoms with Crippen molar-refractivity contribution in [1.29, 1.82) is 0 Å². The third kappa shape index (κ3) is 4.12. The van der Waals surface area contributed by atoms with Crippen LogP contribution in [0.3, 0.4) is 0 Å². The van der Waals surface area contributed by atoms with Gasteiger partial charge in [-0.1, -0.05) is 24.3 Å². The molecular weight excluding hydrogens is 368 g/mol. The molecule has 1 unspecified atom stereocenters. The zero-order valence-corrected chi connectivity index (χ0v) is 15.1. The van der Waals surface area contributed by atoms with Gasteiger partial charge in [0.1, 0.15) is 11.0 Å². The first kappa shape index (κ1) is 18.9. The average molecular weight is 386 g/mol. The highest BCUT2D eigenvalue weighted by Gasteiger charge is 2.42. The van der Waals surface area contributed by atoms with E-state index in [9.17, 15) is 24.6 Å². The minimum Gasteiger partial charge on any atom is -0.508 e. The monoisotopic (exact) mass is 386 g/mol. The van der Waals surface area contributed by atoms with Crippen LogP contribution in [0.2, 0.25) is 0 Å². The van der Waals surface area contributed by atoms with E-state index in [4.69, 9.17) is 0 Å². The average Bonchev–Trinajstić information content (AvgIpc) is 2.93. The van der Waals surface area contributed by atoms with Crippen LogP contribution in [-0.4, -0.2) is 45.7 Å². The maximum Gasteiger partial charge on any atom is 0.293 e. The first-order valence-corrected chi connectivity index (χ1v) is 9.19. The number of thioether (sulfide) groups is 1. The van der Waals surface area contributed by atoms with E-state index in [-0.39, 0.29) is 36.9 Å². The van der Waals surface area contributed by atoms with Crippen molar-refractivity contribution in [2.75, 3.05) is 23.0 Å². The highest BCUT2D eigenvalue weighted by molar-refractivity contribution is 8.15. The van der Waals surface area contributed by atoms with Crippen molar-refractivity contribution in [2.24, 2.45) is 0 Å². The number of aliphatic hydroxyl groups excluding tert-OH is 1. The van der Waals surface area contributed by atoms with Crippen LogP contribution in [-0.2, 0) is 9.59 Å². The number of hydrogen-bond donors (Lipinski definition) is 2. The normalized spacial score (nSPS) is 16.6. The molecule has 1 fully saturated rings. The van der Waals surface area contributed by atoms with Crippen LogP contribution in [0.25, 0.3) is 0 Å². The molecule has 27 heavy (non-hydrogen) atoms. The second-order valence-electron chi connectivity index (χ2n) is 5.87. The molecule has 3 amide bonds. The summed E-state index contributed by atoms with van der Waals surface area (Å²) in [5, 5.41) is 17.5. The zero-order valence-electron chi connectivity index (χ0n) is 14.3.